The molecule has 0 spiro atoms. The maximum Gasteiger partial charge on any atom is 0.267 e. The number of carbonyl (C=O) groups excluding carboxylic acids is 1. The Bertz CT molecular complexity index is 588. The fourth-order valence-corrected chi connectivity index (χ4v) is 1.49. The van der Waals surface area contributed by atoms with E-state index in [0.29, 0.717) is 23.7 Å². The second-order valence-corrected chi connectivity index (χ2v) is 3.89. The van der Waals surface area contributed by atoms with Crippen LogP contribution in [0.2, 0.25) is 0 Å². The fourth-order valence-electron chi connectivity index (χ4n) is 1.49. The highest BCUT2D eigenvalue weighted by molar-refractivity contribution is 6.07. The topological polar surface area (TPSA) is 83.4 Å². The molecule has 1 aromatic rings. The summed E-state index contributed by atoms with van der Waals surface area (Å²) in [4.78, 5) is 12.0. The first kappa shape index (κ1) is 16.1. The Hall–Kier alpha value is -2.94. The Kier molecular flexibility index (Phi) is 6.35. The van der Waals surface area contributed by atoms with Gasteiger partial charge in [-0.25, -0.2) is 0 Å². The molecular weight excluding hydrogens is 270 g/mol. The standard InChI is InChI=1S/C15H17N3O3/c1-4-7-17-10-11(9-16)15(19)18-13-8-12(20-2)5-6-14(13)21-3/h4-6,8,10,17H,1,7H2,2-3H3,(H,18,19)/b11-10-. The van der Waals surface area contributed by atoms with Crippen LogP contribution < -0.4 is 20.1 Å². The molecule has 1 rings (SSSR count). The molecule has 1 aromatic carbocycles. The van der Waals surface area contributed by atoms with E-state index in [1.165, 1.54) is 20.4 Å². The number of benzene rings is 1. The highest BCUT2D eigenvalue weighted by Crippen LogP contribution is 2.29. The van der Waals surface area contributed by atoms with Crippen LogP contribution in [0, 0.1) is 11.3 Å². The zero-order chi connectivity index (χ0) is 15.7. The van der Waals surface area contributed by atoms with Gasteiger partial charge in [0.2, 0.25) is 0 Å². The summed E-state index contributed by atoms with van der Waals surface area (Å²) >= 11 is 0. The third kappa shape index (κ3) is 4.58. The average molecular weight is 287 g/mol. The van der Waals surface area contributed by atoms with Crippen molar-refractivity contribution in [1.82, 2.24) is 5.32 Å². The van der Waals surface area contributed by atoms with Crippen molar-refractivity contribution in [2.24, 2.45) is 0 Å². The fraction of sp³-hybridized carbons (Fsp3) is 0.200. The van der Waals surface area contributed by atoms with Gasteiger partial charge >= 0.3 is 0 Å². The van der Waals surface area contributed by atoms with Crippen LogP contribution in [0.3, 0.4) is 0 Å². The first-order valence-electron chi connectivity index (χ1n) is 6.14. The van der Waals surface area contributed by atoms with Crippen LogP contribution in [-0.2, 0) is 4.79 Å². The van der Waals surface area contributed by atoms with Crippen LogP contribution in [-0.4, -0.2) is 26.7 Å². The Morgan fingerprint density at radius 2 is 2.19 bits per heavy atom. The molecule has 0 saturated carbocycles. The highest BCUT2D eigenvalue weighted by atomic mass is 16.5. The van der Waals surface area contributed by atoms with E-state index < -0.39 is 5.91 Å². The summed E-state index contributed by atoms with van der Waals surface area (Å²) in [5.41, 5.74) is 0.369. The quantitative estimate of drug-likeness (QED) is 0.346. The minimum absolute atomic E-state index is 0.0540. The molecule has 0 bridgehead atoms. The van der Waals surface area contributed by atoms with Crippen molar-refractivity contribution in [3.8, 4) is 17.6 Å². The Morgan fingerprint density at radius 1 is 1.43 bits per heavy atom. The van der Waals surface area contributed by atoms with E-state index in [1.54, 1.807) is 24.3 Å². The molecule has 0 aromatic heterocycles. The molecule has 0 aliphatic heterocycles. The van der Waals surface area contributed by atoms with Gasteiger partial charge in [-0.15, -0.1) is 6.58 Å². The van der Waals surface area contributed by atoms with Gasteiger partial charge in [-0.3, -0.25) is 4.79 Å². The summed E-state index contributed by atoms with van der Waals surface area (Å²) in [5.74, 6) is 0.500. The maximum atomic E-state index is 12.0. The number of hydrogen-bond donors (Lipinski definition) is 2. The van der Waals surface area contributed by atoms with E-state index >= 15 is 0 Å². The summed E-state index contributed by atoms with van der Waals surface area (Å²) in [6.07, 6.45) is 2.96. The molecule has 110 valence electrons. The van der Waals surface area contributed by atoms with Gasteiger partial charge < -0.3 is 20.1 Å². The van der Waals surface area contributed by atoms with Crippen molar-refractivity contribution in [1.29, 1.82) is 5.26 Å². The van der Waals surface area contributed by atoms with Gasteiger partial charge in [0.05, 0.1) is 19.9 Å². The van der Waals surface area contributed by atoms with E-state index in [0.717, 1.165) is 0 Å². The summed E-state index contributed by atoms with van der Waals surface area (Å²) in [7, 11) is 3.01. The summed E-state index contributed by atoms with van der Waals surface area (Å²) < 4.78 is 10.2. The first-order chi connectivity index (χ1) is 10.2. The van der Waals surface area contributed by atoms with Gasteiger partial charge in [0.1, 0.15) is 23.1 Å². The number of hydrogen-bond acceptors (Lipinski definition) is 5. The minimum atomic E-state index is -0.541. The number of ether oxygens (including phenoxy) is 2. The van der Waals surface area contributed by atoms with Gasteiger partial charge in [-0.05, 0) is 12.1 Å². The van der Waals surface area contributed by atoms with Gasteiger partial charge in [0.25, 0.3) is 5.91 Å². The Labute approximate surface area is 123 Å². The smallest absolute Gasteiger partial charge is 0.267 e. The third-order valence-electron chi connectivity index (χ3n) is 2.53. The predicted molar refractivity (Wildman–Crippen MR) is 80.1 cm³/mol. The molecular formula is C15H17N3O3. The Morgan fingerprint density at radius 3 is 2.76 bits per heavy atom. The van der Waals surface area contributed by atoms with Crippen molar-refractivity contribution in [3.05, 3.63) is 42.6 Å². The van der Waals surface area contributed by atoms with E-state index in [2.05, 4.69) is 17.2 Å². The lowest BCUT2D eigenvalue weighted by Gasteiger charge is -2.11. The van der Waals surface area contributed by atoms with Crippen molar-refractivity contribution < 1.29 is 14.3 Å². The highest BCUT2D eigenvalue weighted by Gasteiger charge is 2.13. The van der Waals surface area contributed by atoms with Crippen molar-refractivity contribution in [2.75, 3.05) is 26.1 Å². The number of nitrogens with one attached hydrogen (secondary N) is 2. The molecule has 0 unspecified atom stereocenters. The molecule has 0 fully saturated rings. The van der Waals surface area contributed by atoms with Crippen LogP contribution in [0.4, 0.5) is 5.69 Å². The van der Waals surface area contributed by atoms with Crippen LogP contribution in [0.25, 0.3) is 0 Å². The molecule has 6 nitrogen and oxygen atoms in total. The molecule has 0 saturated heterocycles. The number of methoxy groups -OCH3 is 2. The summed E-state index contributed by atoms with van der Waals surface area (Å²) in [5, 5.41) is 14.4. The van der Waals surface area contributed by atoms with E-state index in [4.69, 9.17) is 14.7 Å². The van der Waals surface area contributed by atoms with Crippen LogP contribution in [0.15, 0.2) is 42.6 Å². The molecule has 2 N–H and O–H groups in total. The zero-order valence-corrected chi connectivity index (χ0v) is 12.0. The van der Waals surface area contributed by atoms with Gasteiger partial charge in [0.15, 0.2) is 0 Å². The second kappa shape index (κ2) is 8.27. The molecule has 6 heteroatoms. The van der Waals surface area contributed by atoms with Crippen molar-refractivity contribution >= 4 is 11.6 Å². The molecule has 0 atom stereocenters. The van der Waals surface area contributed by atoms with E-state index in [1.807, 2.05) is 6.07 Å². The lowest BCUT2D eigenvalue weighted by Crippen LogP contribution is -2.17. The Balaban J connectivity index is 2.93. The van der Waals surface area contributed by atoms with E-state index in [-0.39, 0.29) is 5.57 Å². The SMILES string of the molecule is C=CCN/C=C(/C#N)C(=O)Nc1cc(OC)ccc1OC. The number of carbonyl (C=O) groups is 1. The minimum Gasteiger partial charge on any atom is -0.497 e. The normalized spacial score (nSPS) is 10.2. The molecule has 0 heterocycles. The molecule has 0 radical (unpaired) electrons. The summed E-state index contributed by atoms with van der Waals surface area (Å²) in [6, 6.07) is 6.82. The van der Waals surface area contributed by atoms with Crippen molar-refractivity contribution in [3.63, 3.8) is 0 Å². The van der Waals surface area contributed by atoms with Crippen LogP contribution in [0.1, 0.15) is 0 Å². The predicted octanol–water partition coefficient (Wildman–Crippen LogP) is 1.83. The number of nitriles is 1. The zero-order valence-electron chi connectivity index (χ0n) is 12.0. The monoisotopic (exact) mass is 287 g/mol. The number of anilines is 1. The number of amides is 1. The molecule has 1 amide bonds. The number of rotatable bonds is 7. The largest absolute Gasteiger partial charge is 0.497 e. The lowest BCUT2D eigenvalue weighted by molar-refractivity contribution is -0.112. The van der Waals surface area contributed by atoms with Gasteiger partial charge in [-0.1, -0.05) is 6.08 Å². The number of nitrogens with zero attached hydrogens (tertiary/aromatic N) is 1. The first-order valence-corrected chi connectivity index (χ1v) is 6.14. The van der Waals surface area contributed by atoms with Gasteiger partial charge in [0, 0.05) is 18.8 Å². The third-order valence-corrected chi connectivity index (χ3v) is 2.53. The van der Waals surface area contributed by atoms with Gasteiger partial charge in [-0.2, -0.15) is 5.26 Å². The van der Waals surface area contributed by atoms with E-state index in [9.17, 15) is 4.79 Å². The molecule has 0 aliphatic carbocycles. The molecule has 0 aliphatic rings. The second-order valence-electron chi connectivity index (χ2n) is 3.89. The average Bonchev–Trinajstić information content (AvgIpc) is 2.51. The summed E-state index contributed by atoms with van der Waals surface area (Å²) in [6.45, 7) is 3.99. The lowest BCUT2D eigenvalue weighted by atomic mass is 10.2. The van der Waals surface area contributed by atoms with Crippen molar-refractivity contribution in [2.45, 2.75) is 0 Å². The van der Waals surface area contributed by atoms with Crippen LogP contribution >= 0.6 is 0 Å². The molecule has 21 heavy (non-hydrogen) atoms. The van der Waals surface area contributed by atoms with Crippen LogP contribution in [0.5, 0.6) is 11.5 Å². The maximum absolute atomic E-state index is 12.0.